The Morgan fingerprint density at radius 1 is 1.03 bits per heavy atom. The van der Waals surface area contributed by atoms with E-state index in [9.17, 15) is 9.59 Å². The van der Waals surface area contributed by atoms with Gasteiger partial charge in [-0.3, -0.25) is 4.79 Å². The maximum atomic E-state index is 12.7. The summed E-state index contributed by atoms with van der Waals surface area (Å²) in [6.07, 6.45) is 0.566. The number of halogens is 1. The SMILES string of the molecule is Cc1cc(C)cc(OCc2c(C)cc(Cl)c(=O)n2CCc2ccc(C(=O)O)cc2)c1. The molecule has 156 valence electrons. The van der Waals surface area contributed by atoms with Crippen LogP contribution < -0.4 is 10.3 Å². The van der Waals surface area contributed by atoms with Crippen molar-refractivity contribution in [3.8, 4) is 5.75 Å². The fourth-order valence-electron chi connectivity index (χ4n) is 3.45. The Bertz CT molecular complexity index is 1110. The molecule has 0 amide bonds. The average molecular weight is 426 g/mol. The Morgan fingerprint density at radius 2 is 1.67 bits per heavy atom. The van der Waals surface area contributed by atoms with E-state index in [-0.39, 0.29) is 22.8 Å². The molecule has 0 fully saturated rings. The third-order valence-electron chi connectivity index (χ3n) is 4.97. The molecule has 2 aromatic carbocycles. The number of pyridine rings is 1. The van der Waals surface area contributed by atoms with Crippen LogP contribution >= 0.6 is 11.6 Å². The van der Waals surface area contributed by atoms with Gasteiger partial charge in [0.05, 0.1) is 11.3 Å². The van der Waals surface area contributed by atoms with Gasteiger partial charge in [0.15, 0.2) is 0 Å². The first-order valence-corrected chi connectivity index (χ1v) is 10.0. The summed E-state index contributed by atoms with van der Waals surface area (Å²) in [4.78, 5) is 23.7. The zero-order chi connectivity index (χ0) is 21.8. The molecule has 0 saturated heterocycles. The first-order chi connectivity index (χ1) is 14.2. The van der Waals surface area contributed by atoms with Crippen molar-refractivity contribution < 1.29 is 14.6 Å². The van der Waals surface area contributed by atoms with Crippen LogP contribution in [0.3, 0.4) is 0 Å². The van der Waals surface area contributed by atoms with Gasteiger partial charge in [-0.05, 0) is 79.8 Å². The largest absolute Gasteiger partial charge is 0.487 e. The van der Waals surface area contributed by atoms with Crippen molar-refractivity contribution in [1.82, 2.24) is 4.57 Å². The fourth-order valence-corrected chi connectivity index (χ4v) is 3.72. The number of ether oxygens (including phenoxy) is 1. The highest BCUT2D eigenvalue weighted by Gasteiger charge is 2.13. The third kappa shape index (κ3) is 5.10. The summed E-state index contributed by atoms with van der Waals surface area (Å²) in [5.74, 6) is -0.209. The van der Waals surface area contributed by atoms with Gasteiger partial charge in [0.25, 0.3) is 5.56 Å². The van der Waals surface area contributed by atoms with Crippen LogP contribution in [0, 0.1) is 20.8 Å². The number of aryl methyl sites for hydroxylation is 4. The molecule has 0 atom stereocenters. The number of rotatable bonds is 7. The molecule has 1 N–H and O–H groups in total. The summed E-state index contributed by atoms with van der Waals surface area (Å²) >= 11 is 6.15. The lowest BCUT2D eigenvalue weighted by molar-refractivity contribution is 0.0697. The summed E-state index contributed by atoms with van der Waals surface area (Å²) in [5.41, 5.74) is 4.78. The van der Waals surface area contributed by atoms with E-state index in [4.69, 9.17) is 21.4 Å². The van der Waals surface area contributed by atoms with E-state index in [1.165, 1.54) is 0 Å². The number of nitrogens with zero attached hydrogens (tertiary/aromatic N) is 1. The Hall–Kier alpha value is -3.05. The lowest BCUT2D eigenvalue weighted by atomic mass is 10.1. The summed E-state index contributed by atoms with van der Waals surface area (Å²) in [6.45, 7) is 6.60. The van der Waals surface area contributed by atoms with Gasteiger partial charge in [-0.2, -0.15) is 0 Å². The van der Waals surface area contributed by atoms with Crippen LogP contribution in [-0.2, 0) is 19.6 Å². The molecule has 1 aromatic heterocycles. The summed E-state index contributed by atoms with van der Waals surface area (Å²) in [6, 6.07) is 14.3. The second-order valence-electron chi connectivity index (χ2n) is 7.44. The average Bonchev–Trinajstić information content (AvgIpc) is 2.68. The van der Waals surface area contributed by atoms with Gasteiger partial charge in [-0.25, -0.2) is 4.79 Å². The molecule has 30 heavy (non-hydrogen) atoms. The molecule has 3 aromatic rings. The molecule has 0 bridgehead atoms. The molecule has 6 heteroatoms. The van der Waals surface area contributed by atoms with Crippen molar-refractivity contribution >= 4 is 17.6 Å². The number of hydrogen-bond acceptors (Lipinski definition) is 3. The van der Waals surface area contributed by atoms with E-state index in [2.05, 4.69) is 6.07 Å². The van der Waals surface area contributed by atoms with Crippen LogP contribution in [0.2, 0.25) is 5.02 Å². The number of aromatic carboxylic acids is 1. The molecule has 0 aliphatic heterocycles. The molecule has 3 rings (SSSR count). The monoisotopic (exact) mass is 425 g/mol. The minimum absolute atomic E-state index is 0.170. The van der Waals surface area contributed by atoms with Crippen molar-refractivity contribution in [3.63, 3.8) is 0 Å². The van der Waals surface area contributed by atoms with Crippen LogP contribution in [0.25, 0.3) is 0 Å². The molecule has 0 saturated carbocycles. The Labute approximate surface area is 180 Å². The van der Waals surface area contributed by atoms with E-state index < -0.39 is 5.97 Å². The van der Waals surface area contributed by atoms with E-state index in [1.807, 2.05) is 32.9 Å². The van der Waals surface area contributed by atoms with Crippen molar-refractivity contribution in [2.75, 3.05) is 0 Å². The first kappa shape index (κ1) is 21.7. The van der Waals surface area contributed by atoms with Crippen molar-refractivity contribution in [2.45, 2.75) is 40.3 Å². The van der Waals surface area contributed by atoms with E-state index in [0.717, 1.165) is 33.7 Å². The topological polar surface area (TPSA) is 68.5 Å². The van der Waals surface area contributed by atoms with Gasteiger partial charge >= 0.3 is 5.97 Å². The smallest absolute Gasteiger partial charge is 0.335 e. The van der Waals surface area contributed by atoms with Crippen molar-refractivity contribution in [1.29, 1.82) is 0 Å². The Morgan fingerprint density at radius 3 is 2.27 bits per heavy atom. The van der Waals surface area contributed by atoms with Crippen LogP contribution in [0.1, 0.15) is 38.3 Å². The molecule has 0 unspecified atom stereocenters. The minimum Gasteiger partial charge on any atom is -0.487 e. The predicted molar refractivity (Wildman–Crippen MR) is 118 cm³/mol. The summed E-state index contributed by atoms with van der Waals surface area (Å²) < 4.78 is 7.64. The van der Waals surface area contributed by atoms with Crippen molar-refractivity contribution in [3.05, 3.63) is 97.4 Å². The summed E-state index contributed by atoms with van der Waals surface area (Å²) in [7, 11) is 0. The number of carboxylic acids is 1. The Balaban J connectivity index is 1.84. The van der Waals surface area contributed by atoms with Gasteiger partial charge < -0.3 is 14.4 Å². The molecule has 0 spiro atoms. The highest BCUT2D eigenvalue weighted by Crippen LogP contribution is 2.20. The third-order valence-corrected chi connectivity index (χ3v) is 5.24. The van der Waals surface area contributed by atoms with Gasteiger partial charge in [0.1, 0.15) is 17.4 Å². The molecular formula is C24H24ClNO4. The minimum atomic E-state index is -0.964. The highest BCUT2D eigenvalue weighted by molar-refractivity contribution is 6.30. The van der Waals surface area contributed by atoms with Gasteiger partial charge in [0.2, 0.25) is 0 Å². The fraction of sp³-hybridized carbons (Fsp3) is 0.250. The zero-order valence-electron chi connectivity index (χ0n) is 17.2. The molecule has 1 heterocycles. The molecule has 5 nitrogen and oxygen atoms in total. The quantitative estimate of drug-likeness (QED) is 0.581. The van der Waals surface area contributed by atoms with Crippen LogP contribution in [-0.4, -0.2) is 15.6 Å². The molecule has 0 aliphatic carbocycles. The maximum Gasteiger partial charge on any atom is 0.335 e. The van der Waals surface area contributed by atoms with Crippen molar-refractivity contribution in [2.24, 2.45) is 0 Å². The number of carbonyl (C=O) groups is 1. The Kier molecular flexibility index (Phi) is 6.63. The standard InChI is InChI=1S/C24H24ClNO4/c1-15-10-16(2)12-20(11-15)30-14-22-17(3)13-21(25)23(27)26(22)9-8-18-4-6-19(7-5-18)24(28)29/h4-7,10-13H,8-9,14H2,1-3H3,(H,28,29). The van der Waals surface area contributed by atoms with Gasteiger partial charge in [-0.1, -0.05) is 29.8 Å². The first-order valence-electron chi connectivity index (χ1n) is 9.66. The maximum absolute atomic E-state index is 12.7. The number of aromatic nitrogens is 1. The lowest BCUT2D eigenvalue weighted by Crippen LogP contribution is -2.27. The van der Waals surface area contributed by atoms with E-state index >= 15 is 0 Å². The second-order valence-corrected chi connectivity index (χ2v) is 7.85. The number of benzene rings is 2. The predicted octanol–water partition coefficient (Wildman–Crippen LogP) is 4.95. The lowest BCUT2D eigenvalue weighted by Gasteiger charge is -2.17. The van der Waals surface area contributed by atoms with E-state index in [1.54, 1.807) is 34.9 Å². The molecular weight excluding hydrogens is 402 g/mol. The molecule has 0 radical (unpaired) electrons. The summed E-state index contributed by atoms with van der Waals surface area (Å²) in [5, 5.41) is 9.20. The molecule has 0 aliphatic rings. The number of carboxylic acid groups (broad SMARTS) is 1. The zero-order valence-corrected chi connectivity index (χ0v) is 18.0. The normalized spacial score (nSPS) is 10.8. The van der Waals surface area contributed by atoms with Gasteiger partial charge in [0, 0.05) is 6.54 Å². The van der Waals surface area contributed by atoms with Gasteiger partial charge in [-0.15, -0.1) is 0 Å². The highest BCUT2D eigenvalue weighted by atomic mass is 35.5. The van der Waals surface area contributed by atoms with Crippen LogP contribution in [0.5, 0.6) is 5.75 Å². The van der Waals surface area contributed by atoms with E-state index in [0.29, 0.717) is 13.0 Å². The number of hydrogen-bond donors (Lipinski definition) is 1. The second kappa shape index (κ2) is 9.18. The van der Waals surface area contributed by atoms with Crippen LogP contribution in [0.4, 0.5) is 0 Å². The van der Waals surface area contributed by atoms with Crippen LogP contribution in [0.15, 0.2) is 53.3 Å².